The molecule has 2 rings (SSSR count). The Kier molecular flexibility index (Phi) is 2.64. The molecule has 1 N–H and O–H groups in total. The number of nitrogens with one attached hydrogen (secondary N) is 1. The summed E-state index contributed by atoms with van der Waals surface area (Å²) in [5.74, 6) is 0.580. The van der Waals surface area contributed by atoms with Gasteiger partial charge in [-0.2, -0.15) is 0 Å². The quantitative estimate of drug-likeness (QED) is 0.649. The van der Waals surface area contributed by atoms with Gasteiger partial charge in [-0.1, -0.05) is 0 Å². The highest BCUT2D eigenvalue weighted by Gasteiger charge is 2.63. The summed E-state index contributed by atoms with van der Waals surface area (Å²) >= 11 is 0. The predicted octanol–water partition coefficient (Wildman–Crippen LogP) is 0.581. The molecule has 4 heteroatoms. The molecular weight excluding hydrogens is 178 g/mol. The number of esters is 1. The van der Waals surface area contributed by atoms with Crippen LogP contribution in [0, 0.1) is 11.3 Å². The van der Waals surface area contributed by atoms with Gasteiger partial charge < -0.3 is 10.1 Å². The topological polar surface area (TPSA) is 38.3 Å². The molecule has 1 saturated carbocycles. The lowest BCUT2D eigenvalue weighted by molar-refractivity contribution is -0.149. The molecule has 0 amide bonds. The lowest BCUT2D eigenvalue weighted by Gasteiger charge is -2.09. The van der Waals surface area contributed by atoms with Crippen molar-refractivity contribution in [3.05, 3.63) is 0 Å². The van der Waals surface area contributed by atoms with Gasteiger partial charge >= 0.3 is 5.97 Å². The third-order valence-corrected chi connectivity index (χ3v) is 2.75. The highest BCUT2D eigenvalue weighted by molar-refractivity contribution is 5.85. The van der Waals surface area contributed by atoms with Gasteiger partial charge in [-0.15, -0.1) is 12.4 Å². The van der Waals surface area contributed by atoms with E-state index in [-0.39, 0.29) is 23.8 Å². The fourth-order valence-electron chi connectivity index (χ4n) is 1.93. The van der Waals surface area contributed by atoms with Gasteiger partial charge in [-0.3, -0.25) is 4.79 Å². The zero-order chi connectivity index (χ0) is 7.90. The Morgan fingerprint density at radius 2 is 2.50 bits per heavy atom. The van der Waals surface area contributed by atoms with Gasteiger partial charge in [0.2, 0.25) is 0 Å². The Morgan fingerprint density at radius 1 is 1.75 bits per heavy atom. The Balaban J connectivity index is 0.000000720. The summed E-state index contributed by atoms with van der Waals surface area (Å²) in [4.78, 5) is 11.3. The van der Waals surface area contributed by atoms with Crippen molar-refractivity contribution in [1.82, 2.24) is 5.32 Å². The fourth-order valence-corrected chi connectivity index (χ4v) is 1.93. The normalized spacial score (nSPS) is 36.6. The van der Waals surface area contributed by atoms with E-state index in [1.165, 1.54) is 0 Å². The van der Waals surface area contributed by atoms with Crippen LogP contribution in [0.1, 0.15) is 13.3 Å². The molecule has 0 spiro atoms. The number of carbonyl (C=O) groups is 1. The summed E-state index contributed by atoms with van der Waals surface area (Å²) in [6, 6.07) is 0. The minimum Gasteiger partial charge on any atom is -0.466 e. The molecule has 70 valence electrons. The standard InChI is InChI=1S/C8H13NO2.ClH/c1-2-11-7(10)8-3-6(8)4-9-5-8;/h6,9H,2-5H2,1H3;1H/t6-,8-;/m1./s1. The molecule has 2 fully saturated rings. The van der Waals surface area contributed by atoms with E-state index in [9.17, 15) is 4.79 Å². The number of halogens is 1. The molecule has 12 heavy (non-hydrogen) atoms. The van der Waals surface area contributed by atoms with Crippen molar-refractivity contribution in [2.75, 3.05) is 19.7 Å². The summed E-state index contributed by atoms with van der Waals surface area (Å²) in [7, 11) is 0. The largest absolute Gasteiger partial charge is 0.466 e. The highest BCUT2D eigenvalue weighted by Crippen LogP contribution is 2.55. The SMILES string of the molecule is CCOC(=O)[C@]12CNC[C@H]1C2.Cl. The second-order valence-corrected chi connectivity index (χ2v) is 3.41. The van der Waals surface area contributed by atoms with Gasteiger partial charge in [-0.25, -0.2) is 0 Å². The minimum atomic E-state index is -0.101. The summed E-state index contributed by atoms with van der Waals surface area (Å²) in [6.45, 7) is 4.19. The van der Waals surface area contributed by atoms with Crippen LogP contribution in [0.5, 0.6) is 0 Å². The van der Waals surface area contributed by atoms with Crippen molar-refractivity contribution in [3.63, 3.8) is 0 Å². The molecule has 0 unspecified atom stereocenters. The average Bonchev–Trinajstić information content (AvgIpc) is 2.57. The van der Waals surface area contributed by atoms with Gasteiger partial charge in [0.1, 0.15) is 0 Å². The Morgan fingerprint density at radius 3 is 2.92 bits per heavy atom. The Bertz CT molecular complexity index is 197. The number of ether oxygens (including phenoxy) is 1. The van der Waals surface area contributed by atoms with E-state index < -0.39 is 0 Å². The fraction of sp³-hybridized carbons (Fsp3) is 0.875. The highest BCUT2D eigenvalue weighted by atomic mass is 35.5. The molecule has 1 heterocycles. The van der Waals surface area contributed by atoms with Crippen LogP contribution in [-0.2, 0) is 9.53 Å². The predicted molar refractivity (Wildman–Crippen MR) is 47.3 cm³/mol. The van der Waals surface area contributed by atoms with Gasteiger partial charge in [0, 0.05) is 6.54 Å². The maximum Gasteiger partial charge on any atom is 0.313 e. The van der Waals surface area contributed by atoms with Crippen LogP contribution in [0.2, 0.25) is 0 Å². The first-order chi connectivity index (χ1) is 5.29. The van der Waals surface area contributed by atoms with Gasteiger partial charge in [0.25, 0.3) is 0 Å². The van der Waals surface area contributed by atoms with Gasteiger partial charge in [0.05, 0.1) is 12.0 Å². The van der Waals surface area contributed by atoms with E-state index in [2.05, 4.69) is 5.32 Å². The molecule has 0 aromatic carbocycles. The van der Waals surface area contributed by atoms with E-state index in [1.54, 1.807) is 0 Å². The lowest BCUT2D eigenvalue weighted by Crippen LogP contribution is -2.25. The number of rotatable bonds is 2. The van der Waals surface area contributed by atoms with E-state index in [4.69, 9.17) is 4.74 Å². The first kappa shape index (κ1) is 9.81. The molecule has 0 aromatic heterocycles. The second-order valence-electron chi connectivity index (χ2n) is 3.41. The minimum absolute atomic E-state index is 0. The van der Waals surface area contributed by atoms with Gasteiger partial charge in [-0.05, 0) is 25.8 Å². The van der Waals surface area contributed by atoms with Crippen LogP contribution in [0.3, 0.4) is 0 Å². The lowest BCUT2D eigenvalue weighted by atomic mass is 10.1. The Hall–Kier alpha value is -0.280. The van der Waals surface area contributed by atoms with Crippen LogP contribution in [-0.4, -0.2) is 25.7 Å². The molecule has 1 saturated heterocycles. The molecule has 3 nitrogen and oxygen atoms in total. The Labute approximate surface area is 78.3 Å². The van der Waals surface area contributed by atoms with Crippen LogP contribution in [0.25, 0.3) is 0 Å². The maximum absolute atomic E-state index is 11.3. The van der Waals surface area contributed by atoms with Crippen molar-refractivity contribution in [2.45, 2.75) is 13.3 Å². The molecule has 1 aliphatic heterocycles. The molecule has 1 aliphatic carbocycles. The average molecular weight is 192 g/mol. The summed E-state index contributed by atoms with van der Waals surface area (Å²) in [5.41, 5.74) is -0.101. The molecule has 2 atom stereocenters. The third-order valence-electron chi connectivity index (χ3n) is 2.75. The molecular formula is C8H14ClNO2. The first-order valence-electron chi connectivity index (χ1n) is 4.17. The van der Waals surface area contributed by atoms with Crippen molar-refractivity contribution >= 4 is 18.4 Å². The van der Waals surface area contributed by atoms with E-state index in [1.807, 2.05) is 6.92 Å². The molecule has 2 aliphatic rings. The summed E-state index contributed by atoms with van der Waals surface area (Å²) in [6.07, 6.45) is 1.04. The zero-order valence-electron chi connectivity index (χ0n) is 7.13. The number of carbonyl (C=O) groups excluding carboxylic acids is 1. The second kappa shape index (κ2) is 3.23. The smallest absolute Gasteiger partial charge is 0.313 e. The number of piperidine rings is 1. The number of hydrogen-bond acceptors (Lipinski definition) is 3. The number of fused-ring (bicyclic) bond motifs is 1. The molecule has 0 bridgehead atoms. The van der Waals surface area contributed by atoms with Crippen LogP contribution < -0.4 is 5.32 Å². The molecule has 0 aromatic rings. The van der Waals surface area contributed by atoms with Crippen LogP contribution in [0.15, 0.2) is 0 Å². The summed E-state index contributed by atoms with van der Waals surface area (Å²) < 4.78 is 4.99. The number of hydrogen-bond donors (Lipinski definition) is 1. The summed E-state index contributed by atoms with van der Waals surface area (Å²) in [5, 5.41) is 3.20. The van der Waals surface area contributed by atoms with E-state index in [0.717, 1.165) is 19.5 Å². The molecule has 0 radical (unpaired) electrons. The third kappa shape index (κ3) is 1.21. The first-order valence-corrected chi connectivity index (χ1v) is 4.17. The van der Waals surface area contributed by atoms with E-state index in [0.29, 0.717) is 12.5 Å². The maximum atomic E-state index is 11.3. The van der Waals surface area contributed by atoms with Gasteiger partial charge in [0.15, 0.2) is 0 Å². The van der Waals surface area contributed by atoms with Crippen LogP contribution >= 0.6 is 12.4 Å². The van der Waals surface area contributed by atoms with Crippen LogP contribution in [0.4, 0.5) is 0 Å². The van der Waals surface area contributed by atoms with Crippen molar-refractivity contribution in [1.29, 1.82) is 0 Å². The van der Waals surface area contributed by atoms with E-state index >= 15 is 0 Å². The van der Waals surface area contributed by atoms with Crippen molar-refractivity contribution < 1.29 is 9.53 Å². The zero-order valence-corrected chi connectivity index (χ0v) is 7.95. The monoisotopic (exact) mass is 191 g/mol. The van der Waals surface area contributed by atoms with Crippen molar-refractivity contribution in [3.8, 4) is 0 Å². The van der Waals surface area contributed by atoms with Crippen molar-refractivity contribution in [2.24, 2.45) is 11.3 Å².